The molecule has 86 valence electrons. The van der Waals surface area contributed by atoms with Crippen LogP contribution in [0.15, 0.2) is 4.42 Å². The Balaban J connectivity index is 1.69. The van der Waals surface area contributed by atoms with Gasteiger partial charge in [-0.05, 0) is 67.4 Å². The highest BCUT2D eigenvalue weighted by atomic mass is 35.5. The van der Waals surface area contributed by atoms with Gasteiger partial charge in [0, 0.05) is 5.92 Å². The van der Waals surface area contributed by atoms with Crippen molar-refractivity contribution in [3.05, 3.63) is 11.2 Å². The molecule has 4 aliphatic rings. The van der Waals surface area contributed by atoms with E-state index in [1.165, 1.54) is 32.1 Å². The Labute approximate surface area is 99.6 Å². The molecule has 0 saturated heterocycles. The molecule has 0 spiro atoms. The molecule has 5 rings (SSSR count). The Morgan fingerprint density at radius 2 is 1.56 bits per heavy atom. The average molecular weight is 239 g/mol. The normalized spacial score (nSPS) is 45.2. The van der Waals surface area contributed by atoms with Gasteiger partial charge in [0.25, 0.3) is 0 Å². The van der Waals surface area contributed by atoms with Crippen LogP contribution in [0.1, 0.15) is 43.9 Å². The van der Waals surface area contributed by atoms with Gasteiger partial charge in [0.05, 0.1) is 0 Å². The second-order valence-corrected chi connectivity index (χ2v) is 6.17. The molecule has 0 atom stereocenters. The van der Waals surface area contributed by atoms with E-state index in [9.17, 15) is 0 Å². The zero-order valence-corrected chi connectivity index (χ0v) is 9.86. The fourth-order valence-corrected chi connectivity index (χ4v) is 4.80. The Kier molecular flexibility index (Phi) is 1.90. The first-order valence-corrected chi connectivity index (χ1v) is 6.66. The van der Waals surface area contributed by atoms with Crippen LogP contribution in [0.2, 0.25) is 5.35 Å². The highest BCUT2D eigenvalue weighted by molar-refractivity contribution is 6.27. The number of halogens is 1. The summed E-state index contributed by atoms with van der Waals surface area (Å²) in [6.07, 6.45) is 6.97. The third-order valence-electron chi connectivity index (χ3n) is 4.93. The molecule has 0 N–H and O–H groups in total. The van der Waals surface area contributed by atoms with E-state index in [4.69, 9.17) is 16.0 Å². The fourth-order valence-electron chi connectivity index (χ4n) is 4.68. The summed E-state index contributed by atoms with van der Waals surface area (Å²) in [4.78, 5) is 0. The number of aromatic nitrogens is 2. The number of hydrogen-bond acceptors (Lipinski definition) is 3. The van der Waals surface area contributed by atoms with Crippen molar-refractivity contribution >= 4 is 11.6 Å². The van der Waals surface area contributed by atoms with Gasteiger partial charge in [-0.25, -0.2) is 0 Å². The molecular weight excluding hydrogens is 224 g/mol. The lowest BCUT2D eigenvalue weighted by Gasteiger charge is -2.53. The Morgan fingerprint density at radius 1 is 0.938 bits per heavy atom. The number of nitrogens with zero attached hydrogens (tertiary/aromatic N) is 2. The minimum atomic E-state index is 0.198. The summed E-state index contributed by atoms with van der Waals surface area (Å²) >= 11 is 5.73. The zero-order chi connectivity index (χ0) is 10.7. The minimum absolute atomic E-state index is 0.198. The van der Waals surface area contributed by atoms with Crippen molar-refractivity contribution < 1.29 is 4.42 Å². The van der Waals surface area contributed by atoms with Crippen molar-refractivity contribution in [2.75, 3.05) is 0 Å². The molecule has 0 amide bonds. The van der Waals surface area contributed by atoms with Crippen molar-refractivity contribution in [3.8, 4) is 0 Å². The van der Waals surface area contributed by atoms with E-state index in [0.29, 0.717) is 5.92 Å². The highest BCUT2D eigenvalue weighted by Crippen LogP contribution is 2.59. The molecule has 4 bridgehead atoms. The number of hydrogen-bond donors (Lipinski definition) is 0. The van der Waals surface area contributed by atoms with Gasteiger partial charge in [-0.1, -0.05) is 5.10 Å². The summed E-state index contributed by atoms with van der Waals surface area (Å²) in [5.41, 5.74) is 0. The molecule has 0 radical (unpaired) electrons. The quantitative estimate of drug-likeness (QED) is 0.754. The molecule has 1 aromatic heterocycles. The molecule has 1 aromatic rings. The predicted octanol–water partition coefficient (Wildman–Crippen LogP) is 3.26. The van der Waals surface area contributed by atoms with E-state index in [2.05, 4.69) is 10.2 Å². The third-order valence-corrected chi connectivity index (χ3v) is 5.08. The van der Waals surface area contributed by atoms with Crippen LogP contribution in [0.4, 0.5) is 0 Å². The smallest absolute Gasteiger partial charge is 0.312 e. The van der Waals surface area contributed by atoms with E-state index < -0.39 is 0 Å². The third kappa shape index (κ3) is 1.27. The lowest BCUT2D eigenvalue weighted by atomic mass is 9.52. The summed E-state index contributed by atoms with van der Waals surface area (Å²) in [6.45, 7) is 0. The predicted molar refractivity (Wildman–Crippen MR) is 59.1 cm³/mol. The van der Waals surface area contributed by atoms with Gasteiger partial charge in [0.15, 0.2) is 0 Å². The zero-order valence-electron chi connectivity index (χ0n) is 9.10. The van der Waals surface area contributed by atoms with Crippen LogP contribution in [-0.4, -0.2) is 10.2 Å². The lowest BCUT2D eigenvalue weighted by molar-refractivity contribution is -0.0115. The van der Waals surface area contributed by atoms with Crippen LogP contribution in [0.5, 0.6) is 0 Å². The Hall–Kier alpha value is -0.570. The molecular formula is C12H15ClN2O. The maximum atomic E-state index is 5.73. The summed E-state index contributed by atoms with van der Waals surface area (Å²) in [5, 5.41) is 8.11. The Bertz CT molecular complexity index is 389. The monoisotopic (exact) mass is 238 g/mol. The van der Waals surface area contributed by atoms with Crippen molar-refractivity contribution in [2.24, 2.45) is 23.7 Å². The molecule has 0 aliphatic heterocycles. The standard InChI is InChI=1S/C12H15ClN2O/c13-12-15-14-11(16-12)10-8-2-6-1-7(4-8)5-9(10)3-6/h6-10H,1-5H2. The molecule has 0 aromatic carbocycles. The van der Waals surface area contributed by atoms with Gasteiger partial charge in [0.1, 0.15) is 0 Å². The maximum absolute atomic E-state index is 5.73. The molecule has 4 aliphatic carbocycles. The largest absolute Gasteiger partial charge is 0.412 e. The van der Waals surface area contributed by atoms with E-state index >= 15 is 0 Å². The highest BCUT2D eigenvalue weighted by Gasteiger charge is 2.50. The molecule has 4 saturated carbocycles. The molecule has 4 heteroatoms. The maximum Gasteiger partial charge on any atom is 0.312 e. The summed E-state index contributed by atoms with van der Waals surface area (Å²) in [5.74, 6) is 4.85. The summed E-state index contributed by atoms with van der Waals surface area (Å²) < 4.78 is 5.45. The van der Waals surface area contributed by atoms with Crippen LogP contribution in [0.3, 0.4) is 0 Å². The van der Waals surface area contributed by atoms with Crippen LogP contribution in [0.25, 0.3) is 0 Å². The van der Waals surface area contributed by atoms with E-state index in [-0.39, 0.29) is 5.35 Å². The second kappa shape index (κ2) is 3.22. The first-order chi connectivity index (χ1) is 7.79. The van der Waals surface area contributed by atoms with Crippen LogP contribution in [0, 0.1) is 23.7 Å². The summed E-state index contributed by atoms with van der Waals surface area (Å²) in [6, 6.07) is 0. The molecule has 16 heavy (non-hydrogen) atoms. The van der Waals surface area contributed by atoms with Crippen molar-refractivity contribution in [2.45, 2.75) is 38.0 Å². The van der Waals surface area contributed by atoms with Gasteiger partial charge >= 0.3 is 5.35 Å². The van der Waals surface area contributed by atoms with Gasteiger partial charge < -0.3 is 4.42 Å². The van der Waals surface area contributed by atoms with E-state index in [1.54, 1.807) is 0 Å². The molecule has 3 nitrogen and oxygen atoms in total. The fraction of sp³-hybridized carbons (Fsp3) is 0.833. The minimum Gasteiger partial charge on any atom is -0.412 e. The molecule has 0 unspecified atom stereocenters. The first-order valence-electron chi connectivity index (χ1n) is 6.28. The molecule has 4 fully saturated rings. The number of rotatable bonds is 1. The van der Waals surface area contributed by atoms with Crippen molar-refractivity contribution in [1.29, 1.82) is 0 Å². The SMILES string of the molecule is Clc1nnc(C2C3CC4CC(C3)CC2C4)o1. The van der Waals surface area contributed by atoms with Crippen LogP contribution >= 0.6 is 11.6 Å². The molecule has 1 heterocycles. The summed E-state index contributed by atoms with van der Waals surface area (Å²) in [7, 11) is 0. The van der Waals surface area contributed by atoms with Gasteiger partial charge in [-0.2, -0.15) is 0 Å². The van der Waals surface area contributed by atoms with Gasteiger partial charge in [0.2, 0.25) is 5.89 Å². The lowest BCUT2D eigenvalue weighted by Crippen LogP contribution is -2.43. The van der Waals surface area contributed by atoms with Crippen molar-refractivity contribution in [3.63, 3.8) is 0 Å². The first kappa shape index (κ1) is 9.46. The average Bonchev–Trinajstić information content (AvgIpc) is 2.63. The van der Waals surface area contributed by atoms with Crippen molar-refractivity contribution in [1.82, 2.24) is 10.2 Å². The Morgan fingerprint density at radius 3 is 2.06 bits per heavy atom. The van der Waals surface area contributed by atoms with E-state index in [0.717, 1.165) is 29.6 Å². The van der Waals surface area contributed by atoms with E-state index in [1.807, 2.05) is 0 Å². The van der Waals surface area contributed by atoms with Gasteiger partial charge in [-0.3, -0.25) is 0 Å². The van der Waals surface area contributed by atoms with Gasteiger partial charge in [-0.15, -0.1) is 5.10 Å². The van der Waals surface area contributed by atoms with Crippen LogP contribution in [-0.2, 0) is 0 Å². The van der Waals surface area contributed by atoms with Crippen LogP contribution < -0.4 is 0 Å². The second-order valence-electron chi connectivity index (χ2n) is 5.85. The topological polar surface area (TPSA) is 38.9 Å².